The highest BCUT2D eigenvalue weighted by molar-refractivity contribution is 5.03. The van der Waals surface area contributed by atoms with Crippen molar-refractivity contribution in [2.75, 3.05) is 26.2 Å². The number of hydrogen-bond acceptors (Lipinski definition) is 3. The van der Waals surface area contributed by atoms with Gasteiger partial charge in [-0.05, 0) is 51.1 Å². The molecular formula is C17H34N2O. The van der Waals surface area contributed by atoms with E-state index >= 15 is 0 Å². The maximum atomic E-state index is 10.1. The zero-order chi connectivity index (χ0) is 14.4. The fourth-order valence-corrected chi connectivity index (χ4v) is 3.88. The van der Waals surface area contributed by atoms with Crippen molar-refractivity contribution in [2.24, 2.45) is 5.92 Å². The average molecular weight is 282 g/mol. The van der Waals surface area contributed by atoms with Crippen LogP contribution < -0.4 is 5.32 Å². The molecule has 3 heteroatoms. The third-order valence-corrected chi connectivity index (χ3v) is 5.35. The molecule has 0 radical (unpaired) electrons. The molecule has 20 heavy (non-hydrogen) atoms. The smallest absolute Gasteiger partial charge is 0.0628 e. The predicted octanol–water partition coefficient (Wildman–Crippen LogP) is 2.78. The largest absolute Gasteiger partial charge is 0.394 e. The van der Waals surface area contributed by atoms with Crippen molar-refractivity contribution < 1.29 is 5.11 Å². The van der Waals surface area contributed by atoms with Gasteiger partial charge in [0, 0.05) is 12.6 Å². The Balaban J connectivity index is 1.99. The van der Waals surface area contributed by atoms with E-state index in [1.807, 2.05) is 0 Å². The molecule has 2 rings (SSSR count). The quantitative estimate of drug-likeness (QED) is 0.682. The Morgan fingerprint density at radius 3 is 2.30 bits per heavy atom. The van der Waals surface area contributed by atoms with Gasteiger partial charge in [0.2, 0.25) is 0 Å². The third-order valence-electron chi connectivity index (χ3n) is 5.35. The zero-order valence-electron chi connectivity index (χ0n) is 13.5. The Morgan fingerprint density at radius 2 is 1.80 bits per heavy atom. The van der Waals surface area contributed by atoms with Gasteiger partial charge in [-0.2, -0.15) is 0 Å². The molecule has 0 bridgehead atoms. The number of aliphatic hydroxyl groups excluding tert-OH is 1. The normalized spacial score (nSPS) is 24.0. The summed E-state index contributed by atoms with van der Waals surface area (Å²) < 4.78 is 0. The fraction of sp³-hybridized carbons (Fsp3) is 1.00. The molecule has 1 atom stereocenters. The van der Waals surface area contributed by atoms with Crippen LogP contribution in [0.25, 0.3) is 0 Å². The highest BCUT2D eigenvalue weighted by Gasteiger charge is 2.45. The molecular weight excluding hydrogens is 248 g/mol. The molecule has 2 N–H and O–H groups in total. The van der Waals surface area contributed by atoms with Crippen LogP contribution in [0.1, 0.15) is 65.2 Å². The Kier molecular flexibility index (Phi) is 6.31. The molecule has 0 amide bonds. The van der Waals surface area contributed by atoms with E-state index in [1.165, 1.54) is 44.9 Å². The Hall–Kier alpha value is -0.120. The van der Waals surface area contributed by atoms with Crippen molar-refractivity contribution in [1.29, 1.82) is 0 Å². The molecule has 0 heterocycles. The maximum absolute atomic E-state index is 10.1. The number of rotatable bonds is 9. The lowest BCUT2D eigenvalue weighted by Gasteiger charge is -2.42. The Labute approximate surface area is 125 Å². The summed E-state index contributed by atoms with van der Waals surface area (Å²) in [5.74, 6) is 0.691. The molecule has 0 aromatic heterocycles. The summed E-state index contributed by atoms with van der Waals surface area (Å²) in [4.78, 5) is 2.65. The minimum Gasteiger partial charge on any atom is -0.394 e. The first-order valence-electron chi connectivity index (χ1n) is 8.85. The van der Waals surface area contributed by atoms with Crippen LogP contribution in [0.2, 0.25) is 0 Å². The van der Waals surface area contributed by atoms with Gasteiger partial charge >= 0.3 is 0 Å². The van der Waals surface area contributed by atoms with Gasteiger partial charge < -0.3 is 10.4 Å². The summed E-state index contributed by atoms with van der Waals surface area (Å²) >= 11 is 0. The summed E-state index contributed by atoms with van der Waals surface area (Å²) in [6, 6.07) is 0.752. The highest BCUT2D eigenvalue weighted by Crippen LogP contribution is 2.40. The number of nitrogens with zero attached hydrogens (tertiary/aromatic N) is 1. The highest BCUT2D eigenvalue weighted by atomic mass is 16.3. The molecule has 0 aliphatic heterocycles. The second-order valence-electron chi connectivity index (χ2n) is 6.87. The number of hydrogen-bond donors (Lipinski definition) is 2. The molecule has 0 saturated heterocycles. The summed E-state index contributed by atoms with van der Waals surface area (Å²) in [6.07, 6.45) is 10.6. The van der Waals surface area contributed by atoms with Gasteiger partial charge in [-0.25, -0.2) is 0 Å². The van der Waals surface area contributed by atoms with Crippen molar-refractivity contribution in [3.05, 3.63) is 0 Å². The predicted molar refractivity (Wildman–Crippen MR) is 85.0 cm³/mol. The SMILES string of the molecule is CCCNC(CO)(CN(CC)C1CCCCC1)C1CC1. The summed E-state index contributed by atoms with van der Waals surface area (Å²) in [5, 5.41) is 13.8. The first kappa shape index (κ1) is 16.3. The monoisotopic (exact) mass is 282 g/mol. The number of nitrogens with one attached hydrogen (secondary N) is 1. The van der Waals surface area contributed by atoms with Crippen LogP contribution in [0, 0.1) is 5.92 Å². The van der Waals surface area contributed by atoms with Crippen molar-refractivity contribution in [3.63, 3.8) is 0 Å². The molecule has 1 unspecified atom stereocenters. The van der Waals surface area contributed by atoms with E-state index in [4.69, 9.17) is 0 Å². The minimum absolute atomic E-state index is 0.0382. The Morgan fingerprint density at radius 1 is 1.10 bits per heavy atom. The van der Waals surface area contributed by atoms with Crippen LogP contribution in [0.5, 0.6) is 0 Å². The molecule has 0 spiro atoms. The average Bonchev–Trinajstić information content (AvgIpc) is 3.34. The van der Waals surface area contributed by atoms with E-state index in [0.717, 1.165) is 32.1 Å². The van der Waals surface area contributed by atoms with Crippen molar-refractivity contribution in [1.82, 2.24) is 10.2 Å². The Bertz CT molecular complexity index is 274. The van der Waals surface area contributed by atoms with E-state index < -0.39 is 0 Å². The van der Waals surface area contributed by atoms with Crippen molar-refractivity contribution in [3.8, 4) is 0 Å². The molecule has 2 aliphatic carbocycles. The van der Waals surface area contributed by atoms with Gasteiger partial charge in [-0.15, -0.1) is 0 Å². The van der Waals surface area contributed by atoms with Gasteiger partial charge in [0.25, 0.3) is 0 Å². The van der Waals surface area contributed by atoms with Gasteiger partial charge in [-0.1, -0.05) is 33.1 Å². The van der Waals surface area contributed by atoms with Crippen LogP contribution in [-0.2, 0) is 0 Å². The fourth-order valence-electron chi connectivity index (χ4n) is 3.88. The van der Waals surface area contributed by atoms with Gasteiger partial charge in [-0.3, -0.25) is 4.90 Å². The van der Waals surface area contributed by atoms with Crippen LogP contribution in [0.3, 0.4) is 0 Å². The zero-order valence-corrected chi connectivity index (χ0v) is 13.5. The number of aliphatic hydroxyl groups is 1. The summed E-state index contributed by atoms with van der Waals surface area (Å²) in [6.45, 7) is 7.96. The minimum atomic E-state index is -0.0382. The van der Waals surface area contributed by atoms with Crippen molar-refractivity contribution >= 4 is 0 Å². The third kappa shape index (κ3) is 3.96. The van der Waals surface area contributed by atoms with E-state index in [-0.39, 0.29) is 5.54 Å². The molecule has 118 valence electrons. The van der Waals surface area contributed by atoms with Gasteiger partial charge in [0.05, 0.1) is 12.1 Å². The second-order valence-corrected chi connectivity index (χ2v) is 6.87. The molecule has 2 aliphatic rings. The lowest BCUT2D eigenvalue weighted by molar-refractivity contribution is 0.0620. The standard InChI is InChI=1S/C17H34N2O/c1-3-12-18-17(14-20,15-10-11-15)13-19(4-2)16-8-6-5-7-9-16/h15-16,18,20H,3-14H2,1-2H3. The van der Waals surface area contributed by atoms with Crippen LogP contribution in [0.4, 0.5) is 0 Å². The van der Waals surface area contributed by atoms with Crippen molar-refractivity contribution in [2.45, 2.75) is 76.8 Å². The van der Waals surface area contributed by atoms with Crippen LogP contribution >= 0.6 is 0 Å². The van der Waals surface area contributed by atoms with E-state index in [1.54, 1.807) is 0 Å². The molecule has 0 aromatic carbocycles. The van der Waals surface area contributed by atoms with Crippen LogP contribution in [0.15, 0.2) is 0 Å². The lowest BCUT2D eigenvalue weighted by Crippen LogP contribution is -2.59. The second kappa shape index (κ2) is 7.77. The molecule has 2 saturated carbocycles. The lowest BCUT2D eigenvalue weighted by atomic mass is 9.89. The van der Waals surface area contributed by atoms with E-state index in [0.29, 0.717) is 12.5 Å². The molecule has 3 nitrogen and oxygen atoms in total. The molecule has 2 fully saturated rings. The topological polar surface area (TPSA) is 35.5 Å². The number of likely N-dealkylation sites (N-methyl/N-ethyl adjacent to an activating group) is 1. The van der Waals surface area contributed by atoms with E-state index in [2.05, 4.69) is 24.1 Å². The van der Waals surface area contributed by atoms with E-state index in [9.17, 15) is 5.11 Å². The summed E-state index contributed by atoms with van der Waals surface area (Å²) in [5.41, 5.74) is -0.0382. The van der Waals surface area contributed by atoms with Gasteiger partial charge in [0.1, 0.15) is 0 Å². The summed E-state index contributed by atoms with van der Waals surface area (Å²) in [7, 11) is 0. The van der Waals surface area contributed by atoms with Gasteiger partial charge in [0.15, 0.2) is 0 Å². The first-order valence-corrected chi connectivity index (χ1v) is 8.85. The molecule has 0 aromatic rings. The maximum Gasteiger partial charge on any atom is 0.0628 e. The first-order chi connectivity index (χ1) is 9.75. The van der Waals surface area contributed by atoms with Crippen LogP contribution in [-0.4, -0.2) is 47.8 Å².